The fourth-order valence-electron chi connectivity index (χ4n) is 4.70. The van der Waals surface area contributed by atoms with E-state index >= 15 is 0 Å². The van der Waals surface area contributed by atoms with Gasteiger partial charge >= 0.3 is 6.03 Å². The van der Waals surface area contributed by atoms with Gasteiger partial charge in [0.05, 0.1) is 31.2 Å². The van der Waals surface area contributed by atoms with Crippen molar-refractivity contribution >= 4 is 34.7 Å². The van der Waals surface area contributed by atoms with Gasteiger partial charge in [-0.25, -0.2) is 4.79 Å². The first-order valence-corrected chi connectivity index (χ1v) is 13.3. The molecule has 0 unspecified atom stereocenters. The molecule has 0 saturated carbocycles. The SMILES string of the molecule is COCCCNC(=O)c1cc(NC(=O)Nc2ccccc2OC)ccc1N1CCN(c2ccccc2OC)CC1. The minimum absolute atomic E-state index is 0.202. The Bertz CT molecular complexity index is 1290. The molecule has 1 heterocycles. The molecule has 10 nitrogen and oxygen atoms in total. The highest BCUT2D eigenvalue weighted by Crippen LogP contribution is 2.31. The highest BCUT2D eigenvalue weighted by Gasteiger charge is 2.24. The van der Waals surface area contributed by atoms with Gasteiger partial charge in [-0.1, -0.05) is 24.3 Å². The minimum Gasteiger partial charge on any atom is -0.495 e. The molecule has 40 heavy (non-hydrogen) atoms. The lowest BCUT2D eigenvalue weighted by Crippen LogP contribution is -2.47. The largest absolute Gasteiger partial charge is 0.495 e. The van der Waals surface area contributed by atoms with Crippen LogP contribution in [-0.2, 0) is 4.74 Å². The quantitative estimate of drug-likeness (QED) is 0.305. The first kappa shape index (κ1) is 28.6. The topological polar surface area (TPSA) is 104 Å². The van der Waals surface area contributed by atoms with Crippen LogP contribution in [0, 0.1) is 0 Å². The molecule has 212 valence electrons. The van der Waals surface area contributed by atoms with Crippen molar-refractivity contribution in [2.24, 2.45) is 0 Å². The highest BCUT2D eigenvalue weighted by atomic mass is 16.5. The summed E-state index contributed by atoms with van der Waals surface area (Å²) in [5.41, 5.74) is 3.42. The Labute approximate surface area is 235 Å². The average molecular weight is 548 g/mol. The predicted molar refractivity (Wildman–Crippen MR) is 158 cm³/mol. The van der Waals surface area contributed by atoms with Gasteiger partial charge in [-0.15, -0.1) is 0 Å². The third kappa shape index (κ3) is 7.15. The van der Waals surface area contributed by atoms with Crippen molar-refractivity contribution < 1.29 is 23.8 Å². The van der Waals surface area contributed by atoms with Crippen LogP contribution in [0.5, 0.6) is 11.5 Å². The van der Waals surface area contributed by atoms with Crippen LogP contribution in [0.3, 0.4) is 0 Å². The first-order chi connectivity index (χ1) is 19.5. The number of amides is 3. The molecule has 0 atom stereocenters. The van der Waals surface area contributed by atoms with Crippen LogP contribution in [0.2, 0.25) is 0 Å². The zero-order chi connectivity index (χ0) is 28.3. The Balaban J connectivity index is 1.50. The van der Waals surface area contributed by atoms with E-state index in [9.17, 15) is 9.59 Å². The summed E-state index contributed by atoms with van der Waals surface area (Å²) in [6.45, 7) is 4.04. The summed E-state index contributed by atoms with van der Waals surface area (Å²) in [4.78, 5) is 30.6. The predicted octanol–water partition coefficient (Wildman–Crippen LogP) is 4.44. The van der Waals surface area contributed by atoms with Gasteiger partial charge in [0.1, 0.15) is 11.5 Å². The number of benzene rings is 3. The number of methoxy groups -OCH3 is 3. The second-order valence-electron chi connectivity index (χ2n) is 9.26. The Morgan fingerprint density at radius 2 is 1.43 bits per heavy atom. The molecule has 4 rings (SSSR count). The highest BCUT2D eigenvalue weighted by molar-refractivity contribution is 6.04. The zero-order valence-corrected chi connectivity index (χ0v) is 23.2. The molecule has 3 aromatic carbocycles. The molecular weight excluding hydrogens is 510 g/mol. The molecule has 10 heteroatoms. The minimum atomic E-state index is -0.436. The van der Waals surface area contributed by atoms with Crippen molar-refractivity contribution in [1.82, 2.24) is 5.32 Å². The van der Waals surface area contributed by atoms with Crippen molar-refractivity contribution in [1.29, 1.82) is 0 Å². The molecule has 0 aliphatic carbocycles. The monoisotopic (exact) mass is 547 g/mol. The first-order valence-electron chi connectivity index (χ1n) is 13.3. The van der Waals surface area contributed by atoms with E-state index in [0.717, 1.165) is 43.3 Å². The lowest BCUT2D eigenvalue weighted by Gasteiger charge is -2.38. The van der Waals surface area contributed by atoms with Gasteiger partial charge in [0.15, 0.2) is 0 Å². The number of para-hydroxylation sites is 4. The summed E-state index contributed by atoms with van der Waals surface area (Å²) in [6.07, 6.45) is 0.703. The number of carbonyl (C=O) groups is 2. The standard InChI is InChI=1S/C30H37N5O5/c1-38-20-8-15-31-29(36)23-21-22(32-30(37)33-24-9-4-6-11-27(24)39-2)13-14-25(23)34-16-18-35(19-17-34)26-10-5-7-12-28(26)40-3/h4-7,9-14,21H,8,15-20H2,1-3H3,(H,31,36)(H2,32,33,37). The Kier molecular flexibility index (Phi) is 10.1. The smallest absolute Gasteiger partial charge is 0.323 e. The Morgan fingerprint density at radius 3 is 2.12 bits per heavy atom. The number of anilines is 4. The van der Waals surface area contributed by atoms with E-state index in [0.29, 0.717) is 42.3 Å². The number of piperazine rings is 1. The summed E-state index contributed by atoms with van der Waals surface area (Å²) in [6, 6.07) is 20.1. The number of rotatable bonds is 11. The third-order valence-electron chi connectivity index (χ3n) is 6.71. The number of nitrogens with one attached hydrogen (secondary N) is 3. The van der Waals surface area contributed by atoms with Gasteiger partial charge in [0, 0.05) is 57.8 Å². The summed E-state index contributed by atoms with van der Waals surface area (Å²) >= 11 is 0. The molecule has 0 bridgehead atoms. The third-order valence-corrected chi connectivity index (χ3v) is 6.71. The average Bonchev–Trinajstić information content (AvgIpc) is 2.99. The van der Waals surface area contributed by atoms with Crippen LogP contribution in [0.4, 0.5) is 27.5 Å². The van der Waals surface area contributed by atoms with E-state index in [1.807, 2.05) is 42.5 Å². The number of nitrogens with zero attached hydrogens (tertiary/aromatic N) is 2. The van der Waals surface area contributed by atoms with Gasteiger partial charge in [-0.05, 0) is 48.9 Å². The molecule has 1 aliphatic heterocycles. The van der Waals surface area contributed by atoms with E-state index in [1.165, 1.54) is 0 Å². The van der Waals surface area contributed by atoms with E-state index in [1.54, 1.807) is 39.5 Å². The van der Waals surface area contributed by atoms with Crippen LogP contribution >= 0.6 is 0 Å². The molecule has 1 aliphatic rings. The molecule has 0 radical (unpaired) electrons. The van der Waals surface area contributed by atoms with Crippen molar-refractivity contribution in [3.63, 3.8) is 0 Å². The fraction of sp³-hybridized carbons (Fsp3) is 0.333. The number of hydrogen-bond acceptors (Lipinski definition) is 7. The van der Waals surface area contributed by atoms with E-state index in [-0.39, 0.29) is 5.91 Å². The van der Waals surface area contributed by atoms with Crippen molar-refractivity contribution in [2.75, 3.05) is 81.1 Å². The van der Waals surface area contributed by atoms with Crippen LogP contribution in [0.25, 0.3) is 0 Å². The molecule has 3 amide bonds. The van der Waals surface area contributed by atoms with Gasteiger partial charge in [0.25, 0.3) is 5.91 Å². The summed E-state index contributed by atoms with van der Waals surface area (Å²) in [5.74, 6) is 1.19. The molecular formula is C30H37N5O5. The second-order valence-corrected chi connectivity index (χ2v) is 9.26. The number of carbonyl (C=O) groups excluding carboxylic acids is 2. The van der Waals surface area contributed by atoms with E-state index in [2.05, 4.69) is 31.8 Å². The lowest BCUT2D eigenvalue weighted by atomic mass is 10.1. The van der Waals surface area contributed by atoms with Crippen molar-refractivity contribution in [3.8, 4) is 11.5 Å². The Hall–Kier alpha value is -4.44. The van der Waals surface area contributed by atoms with E-state index < -0.39 is 6.03 Å². The van der Waals surface area contributed by atoms with Gasteiger partial charge < -0.3 is 40.0 Å². The second kappa shape index (κ2) is 14.1. The maximum Gasteiger partial charge on any atom is 0.323 e. The van der Waals surface area contributed by atoms with Crippen LogP contribution in [0.15, 0.2) is 66.7 Å². The number of urea groups is 1. The van der Waals surface area contributed by atoms with Crippen LogP contribution in [0.1, 0.15) is 16.8 Å². The maximum absolute atomic E-state index is 13.3. The van der Waals surface area contributed by atoms with Crippen LogP contribution in [-0.4, -0.2) is 72.6 Å². The number of hydrogen-bond donors (Lipinski definition) is 3. The van der Waals surface area contributed by atoms with Gasteiger partial charge in [-0.3, -0.25) is 4.79 Å². The van der Waals surface area contributed by atoms with E-state index in [4.69, 9.17) is 14.2 Å². The number of ether oxygens (including phenoxy) is 3. The Morgan fingerprint density at radius 1 is 0.775 bits per heavy atom. The van der Waals surface area contributed by atoms with Crippen LogP contribution < -0.4 is 35.2 Å². The molecule has 3 N–H and O–H groups in total. The summed E-state index contributed by atoms with van der Waals surface area (Å²) in [7, 11) is 4.86. The molecule has 1 fully saturated rings. The molecule has 0 aromatic heterocycles. The normalized spacial score (nSPS) is 13.0. The fourth-order valence-corrected chi connectivity index (χ4v) is 4.70. The molecule has 0 spiro atoms. The molecule has 3 aromatic rings. The summed E-state index contributed by atoms with van der Waals surface area (Å²) < 4.78 is 16.0. The van der Waals surface area contributed by atoms with Gasteiger partial charge in [0.2, 0.25) is 0 Å². The lowest BCUT2D eigenvalue weighted by molar-refractivity contribution is 0.0949. The van der Waals surface area contributed by atoms with Crippen molar-refractivity contribution in [3.05, 3.63) is 72.3 Å². The summed E-state index contributed by atoms with van der Waals surface area (Å²) in [5, 5.41) is 8.62. The maximum atomic E-state index is 13.3. The molecule has 1 saturated heterocycles. The zero-order valence-electron chi connectivity index (χ0n) is 23.2. The van der Waals surface area contributed by atoms with Crippen molar-refractivity contribution in [2.45, 2.75) is 6.42 Å². The van der Waals surface area contributed by atoms with Gasteiger partial charge in [-0.2, -0.15) is 0 Å².